The van der Waals surface area contributed by atoms with Crippen molar-refractivity contribution in [3.63, 3.8) is 0 Å². The van der Waals surface area contributed by atoms with Gasteiger partial charge < -0.3 is 9.47 Å². The second-order valence-electron chi connectivity index (χ2n) is 3.68. The van der Waals surface area contributed by atoms with E-state index in [4.69, 9.17) is 21.1 Å². The molecule has 0 aliphatic carbocycles. The van der Waals surface area contributed by atoms with Gasteiger partial charge in [0.1, 0.15) is 11.0 Å². The molecule has 0 radical (unpaired) electrons. The van der Waals surface area contributed by atoms with Crippen LogP contribution in [0, 0.1) is 16.0 Å². The average Bonchev–Trinajstić information content (AvgIpc) is 2.33. The van der Waals surface area contributed by atoms with Gasteiger partial charge in [-0.1, -0.05) is 18.2 Å². The Hall–Kier alpha value is -1.96. The van der Waals surface area contributed by atoms with Crippen LogP contribution in [0.25, 0.3) is 0 Å². The molecule has 0 atom stereocenters. The summed E-state index contributed by atoms with van der Waals surface area (Å²) in [6.07, 6.45) is 0.310. The minimum Gasteiger partial charge on any atom is -0.480 e. The number of rotatable bonds is 5. The van der Waals surface area contributed by atoms with Gasteiger partial charge in [0.15, 0.2) is 5.03 Å². The molecule has 0 aromatic heterocycles. The van der Waals surface area contributed by atoms with E-state index in [1.807, 2.05) is 0 Å². The summed E-state index contributed by atoms with van der Waals surface area (Å²) < 4.78 is 10.7. The molecule has 110 valence electrons. The lowest BCUT2D eigenvalue weighted by Crippen LogP contribution is -2.33. The molecule has 9 heteroatoms. The van der Waals surface area contributed by atoms with Gasteiger partial charge in [-0.2, -0.15) is 9.98 Å². The summed E-state index contributed by atoms with van der Waals surface area (Å²) >= 11 is 5.81. The van der Waals surface area contributed by atoms with E-state index in [2.05, 4.69) is 21.7 Å². The predicted octanol–water partition coefficient (Wildman–Crippen LogP) is 2.18. The predicted molar refractivity (Wildman–Crippen MR) is 75.7 cm³/mol. The number of nitro groups is 1. The van der Waals surface area contributed by atoms with E-state index >= 15 is 0 Å². The van der Waals surface area contributed by atoms with Gasteiger partial charge in [0.2, 0.25) is 11.8 Å². The number of hydrazone groups is 1. The van der Waals surface area contributed by atoms with E-state index in [1.54, 1.807) is 13.8 Å². The Balaban J connectivity index is 3.15. The first kappa shape index (κ1) is 16.1. The third kappa shape index (κ3) is 4.61. The topological polar surface area (TPSA) is 98.7 Å². The van der Waals surface area contributed by atoms with E-state index in [0.29, 0.717) is 24.7 Å². The Morgan fingerprint density at radius 3 is 2.25 bits per heavy atom. The maximum atomic E-state index is 10.4. The molecule has 1 rings (SSSR count). The molecular formula is C11H15ClN4O4. The van der Waals surface area contributed by atoms with Crippen molar-refractivity contribution in [2.45, 2.75) is 20.3 Å². The summed E-state index contributed by atoms with van der Waals surface area (Å²) in [6.45, 7) is 7.84. The number of guanidine groups is 1. The normalized spacial score (nSPS) is 17.9. The van der Waals surface area contributed by atoms with Crippen molar-refractivity contribution in [1.29, 1.82) is 0 Å². The first-order valence-electron chi connectivity index (χ1n) is 5.96. The van der Waals surface area contributed by atoms with Crippen LogP contribution >= 0.6 is 11.6 Å². The van der Waals surface area contributed by atoms with Gasteiger partial charge in [-0.3, -0.25) is 0 Å². The van der Waals surface area contributed by atoms with Gasteiger partial charge in [-0.25, -0.2) is 10.1 Å². The van der Waals surface area contributed by atoms with Crippen LogP contribution in [0.3, 0.4) is 0 Å². The largest absolute Gasteiger partial charge is 0.480 e. The molecule has 0 aromatic carbocycles. The lowest BCUT2D eigenvalue weighted by atomic mass is 10.0. The van der Waals surface area contributed by atoms with Gasteiger partial charge in [-0.05, 0) is 13.8 Å². The molecule has 0 saturated carbocycles. The highest BCUT2D eigenvalue weighted by atomic mass is 35.5. The van der Waals surface area contributed by atoms with Crippen LogP contribution in [0.1, 0.15) is 20.3 Å². The molecule has 8 nitrogen and oxygen atoms in total. The highest BCUT2D eigenvalue weighted by Gasteiger charge is 2.31. The lowest BCUT2D eigenvalue weighted by Gasteiger charge is -2.22. The van der Waals surface area contributed by atoms with E-state index in [0.717, 1.165) is 0 Å². The first-order chi connectivity index (χ1) is 9.47. The Morgan fingerprint density at radius 1 is 1.40 bits per heavy atom. The third-order valence-corrected chi connectivity index (χ3v) is 2.35. The Labute approximate surface area is 121 Å². The zero-order chi connectivity index (χ0) is 15.1. The number of halogens is 1. The molecule has 0 saturated heterocycles. The van der Waals surface area contributed by atoms with Crippen molar-refractivity contribution >= 4 is 29.4 Å². The van der Waals surface area contributed by atoms with Gasteiger partial charge >= 0.3 is 5.96 Å². The summed E-state index contributed by atoms with van der Waals surface area (Å²) in [5.41, 5.74) is 0. The minimum atomic E-state index is -0.879. The maximum Gasteiger partial charge on any atom is 0.327 e. The minimum absolute atomic E-state index is 0.230. The summed E-state index contributed by atoms with van der Waals surface area (Å²) in [5, 5.41) is 13.0. The first-order valence-corrected chi connectivity index (χ1v) is 6.34. The molecule has 0 unspecified atom stereocenters. The van der Waals surface area contributed by atoms with Crippen LogP contribution in [0.5, 0.6) is 0 Å². The number of hydrogen-bond donors (Lipinski definition) is 0. The number of aliphatic imine (C=N–C) groups is 2. The van der Waals surface area contributed by atoms with Crippen molar-refractivity contribution in [1.82, 2.24) is 0 Å². The number of nitrogens with zero attached hydrogens (tertiary/aromatic N) is 4. The average molecular weight is 303 g/mol. The smallest absolute Gasteiger partial charge is 0.327 e. The Kier molecular flexibility index (Phi) is 6.10. The fourth-order valence-electron chi connectivity index (χ4n) is 1.56. The van der Waals surface area contributed by atoms with Crippen LogP contribution in [0.4, 0.5) is 0 Å². The number of allylic oxidation sites excluding steroid dienone is 1. The summed E-state index contributed by atoms with van der Waals surface area (Å²) in [7, 11) is 0. The van der Waals surface area contributed by atoms with Crippen LogP contribution < -0.4 is 0 Å². The van der Waals surface area contributed by atoms with E-state index in [1.165, 1.54) is 0 Å². The van der Waals surface area contributed by atoms with Crippen molar-refractivity contribution in [2.75, 3.05) is 13.2 Å². The van der Waals surface area contributed by atoms with Crippen LogP contribution in [-0.2, 0) is 9.47 Å². The second kappa shape index (κ2) is 7.59. The molecule has 0 amide bonds. The molecule has 0 fully saturated rings. The van der Waals surface area contributed by atoms with Crippen molar-refractivity contribution in [3.05, 3.63) is 21.7 Å². The highest BCUT2D eigenvalue weighted by molar-refractivity contribution is 6.29. The molecule has 1 heterocycles. The molecule has 0 aromatic rings. The fourth-order valence-corrected chi connectivity index (χ4v) is 1.71. The quantitative estimate of drug-likeness (QED) is 0.574. The number of ether oxygens (including phenoxy) is 2. The van der Waals surface area contributed by atoms with Gasteiger partial charge in [0, 0.05) is 11.5 Å². The van der Waals surface area contributed by atoms with Crippen molar-refractivity contribution in [2.24, 2.45) is 21.0 Å². The summed E-state index contributed by atoms with van der Waals surface area (Å²) in [6, 6.07) is 0. The van der Waals surface area contributed by atoms with E-state index < -0.39 is 11.0 Å². The standard InChI is InChI=1S/C11H15ClN4O4/c1-4-19-9-8(6-7(3)12)10(20-5-2)14-11(13-9)15-16(17)18/h8H,3-6H2,1-2H3. The number of hydrogen-bond acceptors (Lipinski definition) is 4. The molecule has 0 N–H and O–H groups in total. The van der Waals surface area contributed by atoms with E-state index in [-0.39, 0.29) is 17.8 Å². The van der Waals surface area contributed by atoms with Crippen molar-refractivity contribution < 1.29 is 14.5 Å². The van der Waals surface area contributed by atoms with Gasteiger partial charge in [0.05, 0.1) is 13.2 Å². The summed E-state index contributed by atoms with van der Waals surface area (Å²) in [5.74, 6) is -0.314. The van der Waals surface area contributed by atoms with E-state index in [9.17, 15) is 10.1 Å². The van der Waals surface area contributed by atoms with Crippen LogP contribution in [-0.4, -0.2) is 36.0 Å². The molecule has 0 spiro atoms. The van der Waals surface area contributed by atoms with Gasteiger partial charge in [0.25, 0.3) is 0 Å². The zero-order valence-electron chi connectivity index (χ0n) is 11.2. The zero-order valence-corrected chi connectivity index (χ0v) is 12.0. The van der Waals surface area contributed by atoms with Crippen LogP contribution in [0.2, 0.25) is 0 Å². The SMILES string of the molecule is C=C(Cl)CC1C(OCC)=NC(=N[N+](=O)[O-])N=C1OCC. The molecular weight excluding hydrogens is 288 g/mol. The highest BCUT2D eigenvalue weighted by Crippen LogP contribution is 2.22. The maximum absolute atomic E-state index is 10.4. The monoisotopic (exact) mass is 302 g/mol. The van der Waals surface area contributed by atoms with Gasteiger partial charge in [-0.15, -0.1) is 0 Å². The molecule has 1 aliphatic heterocycles. The molecule has 1 aliphatic rings. The molecule has 0 bridgehead atoms. The fraction of sp³-hybridized carbons (Fsp3) is 0.545. The Bertz CT molecular complexity index is 461. The molecule has 20 heavy (non-hydrogen) atoms. The lowest BCUT2D eigenvalue weighted by molar-refractivity contribution is -0.485. The summed E-state index contributed by atoms with van der Waals surface area (Å²) in [4.78, 5) is 18.2. The third-order valence-electron chi connectivity index (χ3n) is 2.20. The second-order valence-corrected chi connectivity index (χ2v) is 4.21. The van der Waals surface area contributed by atoms with Crippen LogP contribution in [0.15, 0.2) is 26.7 Å². The van der Waals surface area contributed by atoms with Crippen molar-refractivity contribution in [3.8, 4) is 0 Å². The Morgan fingerprint density at radius 2 is 1.90 bits per heavy atom.